The summed E-state index contributed by atoms with van der Waals surface area (Å²) in [6.07, 6.45) is 0. The molecule has 0 fully saturated rings. The van der Waals surface area contributed by atoms with Gasteiger partial charge in [-0.05, 0) is 43.5 Å². The number of nitrogens with zero attached hydrogens (tertiary/aromatic N) is 2. The van der Waals surface area contributed by atoms with Gasteiger partial charge in [-0.2, -0.15) is 5.10 Å². The Morgan fingerprint density at radius 3 is 2.46 bits per heavy atom. The van der Waals surface area contributed by atoms with E-state index >= 15 is 0 Å². The Balaban J connectivity index is 1.51. The molecular weight excluding hydrogens is 366 g/mol. The van der Waals surface area contributed by atoms with Crippen LogP contribution in [0.15, 0.2) is 60.7 Å². The van der Waals surface area contributed by atoms with Gasteiger partial charge < -0.3 is 5.32 Å². The van der Waals surface area contributed by atoms with Gasteiger partial charge in [0.1, 0.15) is 0 Å². The normalized spacial score (nSPS) is 12.0. The van der Waals surface area contributed by atoms with E-state index in [0.29, 0.717) is 6.54 Å². The molecule has 0 aliphatic carbocycles. The molecule has 0 spiro atoms. The Morgan fingerprint density at radius 2 is 1.75 bits per heavy atom. The highest BCUT2D eigenvalue weighted by Gasteiger charge is 2.13. The summed E-state index contributed by atoms with van der Waals surface area (Å²) in [6, 6.07) is 20.6. The topological polar surface area (TPSA) is 46.9 Å². The van der Waals surface area contributed by atoms with Gasteiger partial charge in [-0.3, -0.25) is 9.48 Å². The fourth-order valence-corrected chi connectivity index (χ4v) is 3.92. The van der Waals surface area contributed by atoms with Gasteiger partial charge in [0.05, 0.1) is 17.5 Å². The van der Waals surface area contributed by atoms with Gasteiger partial charge in [0.15, 0.2) is 0 Å². The number of amides is 1. The van der Waals surface area contributed by atoms with Crippen LogP contribution in [-0.4, -0.2) is 20.9 Å². The minimum Gasteiger partial charge on any atom is -0.351 e. The largest absolute Gasteiger partial charge is 0.351 e. The second kappa shape index (κ2) is 9.60. The van der Waals surface area contributed by atoms with Crippen LogP contribution in [0.5, 0.6) is 0 Å². The van der Waals surface area contributed by atoms with Crippen molar-refractivity contribution in [3.05, 3.63) is 88.7 Å². The van der Waals surface area contributed by atoms with E-state index in [1.165, 1.54) is 11.1 Å². The Kier molecular flexibility index (Phi) is 6.93. The highest BCUT2D eigenvalue weighted by atomic mass is 32.2. The van der Waals surface area contributed by atoms with Crippen molar-refractivity contribution in [1.82, 2.24) is 15.1 Å². The summed E-state index contributed by atoms with van der Waals surface area (Å²) in [5.74, 6) is 0.915. The van der Waals surface area contributed by atoms with Gasteiger partial charge in [-0.15, -0.1) is 11.8 Å². The molecule has 3 rings (SSSR count). The molecule has 0 radical (unpaired) electrons. The first kappa shape index (κ1) is 20.2. The molecule has 1 heterocycles. The van der Waals surface area contributed by atoms with Crippen LogP contribution in [0.25, 0.3) is 0 Å². The third-order valence-corrected chi connectivity index (χ3v) is 5.82. The summed E-state index contributed by atoms with van der Waals surface area (Å²) in [7, 11) is 0. The number of hydrogen-bond acceptors (Lipinski definition) is 3. The van der Waals surface area contributed by atoms with E-state index in [2.05, 4.69) is 47.7 Å². The highest BCUT2D eigenvalue weighted by molar-refractivity contribution is 7.99. The molecule has 28 heavy (non-hydrogen) atoms. The number of carbonyl (C=O) groups is 1. The maximum atomic E-state index is 12.4. The lowest BCUT2D eigenvalue weighted by molar-refractivity contribution is -0.120. The van der Waals surface area contributed by atoms with E-state index in [1.54, 1.807) is 11.8 Å². The van der Waals surface area contributed by atoms with Crippen LogP contribution in [-0.2, 0) is 23.6 Å². The molecule has 3 aromatic rings. The fourth-order valence-electron chi connectivity index (χ4n) is 3.05. The van der Waals surface area contributed by atoms with E-state index in [0.717, 1.165) is 29.2 Å². The van der Waals surface area contributed by atoms with E-state index in [1.807, 2.05) is 48.9 Å². The highest BCUT2D eigenvalue weighted by Crippen LogP contribution is 2.18. The molecule has 0 aliphatic rings. The summed E-state index contributed by atoms with van der Waals surface area (Å²) < 4.78 is 2.01. The molecule has 0 saturated heterocycles. The number of aryl methyl sites for hydroxylation is 2. The maximum absolute atomic E-state index is 12.4. The SMILES string of the molecule is Cc1cc(C)n(Cc2cccc(CNC(=O)C(C)SCc3ccccc3)c2)n1. The van der Waals surface area contributed by atoms with Crippen molar-refractivity contribution in [2.45, 2.75) is 44.9 Å². The minimum atomic E-state index is -0.0851. The number of nitrogens with one attached hydrogen (secondary N) is 1. The lowest BCUT2D eigenvalue weighted by atomic mass is 10.1. The van der Waals surface area contributed by atoms with Crippen LogP contribution in [0.3, 0.4) is 0 Å². The number of rotatable bonds is 8. The summed E-state index contributed by atoms with van der Waals surface area (Å²) in [6.45, 7) is 7.32. The summed E-state index contributed by atoms with van der Waals surface area (Å²) in [5.41, 5.74) is 5.71. The van der Waals surface area contributed by atoms with Gasteiger partial charge in [0.25, 0.3) is 0 Å². The molecule has 1 unspecified atom stereocenters. The maximum Gasteiger partial charge on any atom is 0.233 e. The zero-order valence-electron chi connectivity index (χ0n) is 16.7. The monoisotopic (exact) mass is 393 g/mol. The number of hydrogen-bond donors (Lipinski definition) is 1. The van der Waals surface area contributed by atoms with Gasteiger partial charge in [-0.25, -0.2) is 0 Å². The first-order valence-corrected chi connectivity index (χ1v) is 10.6. The lowest BCUT2D eigenvalue weighted by Crippen LogP contribution is -2.30. The Bertz CT molecular complexity index is 921. The zero-order chi connectivity index (χ0) is 19.9. The molecule has 0 aliphatic heterocycles. The Morgan fingerprint density at radius 1 is 1.04 bits per heavy atom. The number of aromatic nitrogens is 2. The minimum absolute atomic E-state index is 0.0740. The molecule has 146 valence electrons. The summed E-state index contributed by atoms with van der Waals surface area (Å²) in [5, 5.41) is 7.50. The molecule has 1 atom stereocenters. The van der Waals surface area contributed by atoms with Crippen LogP contribution in [0, 0.1) is 13.8 Å². The van der Waals surface area contributed by atoms with E-state index in [-0.39, 0.29) is 11.2 Å². The van der Waals surface area contributed by atoms with Crippen molar-refractivity contribution in [3.8, 4) is 0 Å². The molecule has 1 N–H and O–H groups in total. The van der Waals surface area contributed by atoms with Crippen molar-refractivity contribution >= 4 is 17.7 Å². The van der Waals surface area contributed by atoms with Crippen molar-refractivity contribution in [1.29, 1.82) is 0 Å². The molecule has 1 amide bonds. The molecular formula is C23H27N3OS. The summed E-state index contributed by atoms with van der Waals surface area (Å²) >= 11 is 1.66. The quantitative estimate of drug-likeness (QED) is 0.613. The average molecular weight is 394 g/mol. The van der Waals surface area contributed by atoms with Crippen LogP contribution in [0.2, 0.25) is 0 Å². The second-order valence-corrected chi connectivity index (χ2v) is 8.39. The first-order valence-electron chi connectivity index (χ1n) is 9.53. The number of benzene rings is 2. The van der Waals surface area contributed by atoms with E-state index < -0.39 is 0 Å². The third kappa shape index (κ3) is 5.73. The van der Waals surface area contributed by atoms with Gasteiger partial charge in [0.2, 0.25) is 5.91 Å². The Labute approximate surface area is 171 Å². The van der Waals surface area contributed by atoms with E-state index in [9.17, 15) is 4.79 Å². The van der Waals surface area contributed by atoms with E-state index in [4.69, 9.17) is 0 Å². The fraction of sp³-hybridized carbons (Fsp3) is 0.304. The number of thioether (sulfide) groups is 1. The first-order chi connectivity index (χ1) is 13.5. The number of carbonyl (C=O) groups excluding carboxylic acids is 1. The van der Waals surface area contributed by atoms with Crippen LogP contribution in [0.1, 0.15) is 35.0 Å². The van der Waals surface area contributed by atoms with Crippen molar-refractivity contribution in [2.24, 2.45) is 0 Å². The molecule has 4 nitrogen and oxygen atoms in total. The predicted octanol–water partition coefficient (Wildman–Crippen LogP) is 4.49. The predicted molar refractivity (Wildman–Crippen MR) is 116 cm³/mol. The lowest BCUT2D eigenvalue weighted by Gasteiger charge is -2.13. The van der Waals surface area contributed by atoms with Crippen LogP contribution < -0.4 is 5.32 Å². The standard InChI is InChI=1S/C23H27N3OS/c1-17-12-18(2)26(25-17)15-22-11-7-10-21(13-22)14-24-23(27)19(3)28-16-20-8-5-4-6-9-20/h4-13,19H,14-16H2,1-3H3,(H,24,27). The molecule has 2 aromatic carbocycles. The summed E-state index contributed by atoms with van der Waals surface area (Å²) in [4.78, 5) is 12.4. The van der Waals surface area contributed by atoms with Crippen molar-refractivity contribution in [2.75, 3.05) is 0 Å². The van der Waals surface area contributed by atoms with Gasteiger partial charge >= 0.3 is 0 Å². The molecule has 5 heteroatoms. The van der Waals surface area contributed by atoms with Crippen molar-refractivity contribution in [3.63, 3.8) is 0 Å². The molecule has 1 aromatic heterocycles. The van der Waals surface area contributed by atoms with Gasteiger partial charge in [-0.1, -0.05) is 54.6 Å². The average Bonchev–Trinajstić information content (AvgIpc) is 3.02. The molecule has 0 bridgehead atoms. The zero-order valence-corrected chi connectivity index (χ0v) is 17.5. The van der Waals surface area contributed by atoms with Crippen LogP contribution in [0.4, 0.5) is 0 Å². The second-order valence-electron chi connectivity index (χ2n) is 7.06. The third-order valence-electron chi connectivity index (χ3n) is 4.61. The Hall–Kier alpha value is -2.53. The molecule has 0 saturated carbocycles. The smallest absolute Gasteiger partial charge is 0.233 e. The van der Waals surface area contributed by atoms with Crippen molar-refractivity contribution < 1.29 is 4.79 Å². The van der Waals surface area contributed by atoms with Gasteiger partial charge in [0, 0.05) is 18.0 Å². The van der Waals surface area contributed by atoms with Crippen LogP contribution >= 0.6 is 11.8 Å².